The Bertz CT molecular complexity index is 740. The van der Waals surface area contributed by atoms with Crippen LogP contribution in [-0.2, 0) is 0 Å². The van der Waals surface area contributed by atoms with Crippen LogP contribution in [0.1, 0.15) is 48.9 Å². The summed E-state index contributed by atoms with van der Waals surface area (Å²) in [5.74, 6) is 0. The first-order valence-corrected chi connectivity index (χ1v) is 9.79. The van der Waals surface area contributed by atoms with Crippen LogP contribution >= 0.6 is 0 Å². The number of hydrogen-bond acceptors (Lipinski definition) is 2. The molecule has 0 aromatic heterocycles. The molecule has 1 saturated heterocycles. The van der Waals surface area contributed by atoms with E-state index in [0.717, 1.165) is 13.1 Å². The average Bonchev–Trinajstić information content (AvgIpc) is 2.86. The van der Waals surface area contributed by atoms with Gasteiger partial charge in [-0.1, -0.05) is 80.1 Å². The Balaban J connectivity index is 0.000000613. The third-order valence-electron chi connectivity index (χ3n) is 5.16. The molecule has 2 aromatic rings. The van der Waals surface area contributed by atoms with Gasteiger partial charge in [-0.2, -0.15) is 0 Å². The zero-order valence-corrected chi connectivity index (χ0v) is 16.0. The molecule has 2 aliphatic rings. The van der Waals surface area contributed by atoms with E-state index >= 15 is 0 Å². The van der Waals surface area contributed by atoms with Gasteiger partial charge in [-0.05, 0) is 53.8 Å². The highest BCUT2D eigenvalue weighted by atomic mass is 15.1. The molecule has 0 atom stereocenters. The van der Waals surface area contributed by atoms with Crippen LogP contribution in [0.2, 0.25) is 0 Å². The second-order valence-electron chi connectivity index (χ2n) is 6.83. The third-order valence-corrected chi connectivity index (χ3v) is 5.16. The molecule has 136 valence electrons. The molecule has 0 unspecified atom stereocenters. The molecule has 1 aliphatic heterocycles. The molecule has 0 amide bonds. The summed E-state index contributed by atoms with van der Waals surface area (Å²) in [6, 6.07) is 17.7. The van der Waals surface area contributed by atoms with Gasteiger partial charge in [0.15, 0.2) is 0 Å². The van der Waals surface area contributed by atoms with Crippen molar-refractivity contribution in [1.82, 2.24) is 4.90 Å². The van der Waals surface area contributed by atoms with Crippen molar-refractivity contribution in [2.24, 2.45) is 5.73 Å². The van der Waals surface area contributed by atoms with Gasteiger partial charge in [0.25, 0.3) is 0 Å². The Labute approximate surface area is 158 Å². The van der Waals surface area contributed by atoms with E-state index < -0.39 is 0 Å². The van der Waals surface area contributed by atoms with Crippen LogP contribution in [0.15, 0.2) is 54.1 Å². The molecule has 2 N–H and O–H groups in total. The lowest BCUT2D eigenvalue weighted by Crippen LogP contribution is -2.30. The van der Waals surface area contributed by atoms with Gasteiger partial charge >= 0.3 is 0 Å². The predicted octanol–water partition coefficient (Wildman–Crippen LogP) is 5.05. The smallest absolute Gasteiger partial charge is 0.00189 e. The van der Waals surface area contributed by atoms with Gasteiger partial charge < -0.3 is 10.6 Å². The van der Waals surface area contributed by atoms with Crippen LogP contribution < -0.4 is 5.73 Å². The normalized spacial score (nSPS) is 16.3. The molecule has 0 saturated carbocycles. The molecule has 4 rings (SSSR count). The fraction of sp³-hybridized carbons (Fsp3) is 0.333. The minimum Gasteiger partial charge on any atom is -0.331 e. The lowest BCUT2D eigenvalue weighted by molar-refractivity contribution is 0.270. The van der Waals surface area contributed by atoms with Crippen LogP contribution in [-0.4, -0.2) is 31.1 Å². The number of benzene rings is 2. The largest absolute Gasteiger partial charge is 0.331 e. The number of likely N-dealkylation sites (tertiary alicyclic amines) is 1. The van der Waals surface area contributed by atoms with Crippen LogP contribution in [0.5, 0.6) is 0 Å². The van der Waals surface area contributed by atoms with Crippen molar-refractivity contribution in [1.29, 1.82) is 0 Å². The summed E-state index contributed by atoms with van der Waals surface area (Å²) in [7, 11) is 0. The first kappa shape index (κ1) is 18.6. The van der Waals surface area contributed by atoms with Crippen molar-refractivity contribution in [3.05, 3.63) is 76.4 Å². The Morgan fingerprint density at radius 2 is 1.27 bits per heavy atom. The summed E-state index contributed by atoms with van der Waals surface area (Å²) in [6.07, 6.45) is 6.91. The summed E-state index contributed by atoms with van der Waals surface area (Å²) in [6.45, 7) is 8.45. The summed E-state index contributed by atoms with van der Waals surface area (Å²) >= 11 is 0. The third kappa shape index (κ3) is 3.98. The molecule has 0 radical (unpaired) electrons. The maximum absolute atomic E-state index is 4.85. The van der Waals surface area contributed by atoms with E-state index in [0.29, 0.717) is 0 Å². The minimum atomic E-state index is 0.750. The molecule has 1 heterocycles. The quantitative estimate of drug-likeness (QED) is 0.668. The summed E-state index contributed by atoms with van der Waals surface area (Å²) in [5.41, 5.74) is 13.4. The maximum atomic E-state index is 4.85. The average molecular weight is 347 g/mol. The van der Waals surface area contributed by atoms with Crippen molar-refractivity contribution < 1.29 is 0 Å². The molecule has 26 heavy (non-hydrogen) atoms. The maximum Gasteiger partial charge on any atom is 0.00189 e. The van der Waals surface area contributed by atoms with Gasteiger partial charge in [0.05, 0.1) is 0 Å². The van der Waals surface area contributed by atoms with Gasteiger partial charge in [-0.25, -0.2) is 0 Å². The molecule has 2 heteroatoms. The Morgan fingerprint density at radius 1 is 0.808 bits per heavy atom. The van der Waals surface area contributed by atoms with Crippen molar-refractivity contribution in [3.8, 4) is 0 Å². The molecule has 1 aliphatic carbocycles. The van der Waals surface area contributed by atoms with Crippen molar-refractivity contribution in [3.63, 3.8) is 0 Å². The van der Waals surface area contributed by atoms with E-state index in [2.05, 4.69) is 72.5 Å². The molecule has 2 aromatic carbocycles. The number of nitrogens with zero attached hydrogens (tertiary/aromatic N) is 1. The molecule has 2 nitrogen and oxygen atoms in total. The van der Waals surface area contributed by atoms with Crippen molar-refractivity contribution in [2.45, 2.75) is 26.7 Å². The van der Waals surface area contributed by atoms with Gasteiger partial charge in [-0.15, -0.1) is 0 Å². The van der Waals surface area contributed by atoms with Crippen LogP contribution in [0.3, 0.4) is 0 Å². The number of piperidine rings is 1. The van der Waals surface area contributed by atoms with Crippen LogP contribution in [0.25, 0.3) is 17.7 Å². The fourth-order valence-electron chi connectivity index (χ4n) is 3.83. The zero-order chi connectivity index (χ0) is 18.4. The van der Waals surface area contributed by atoms with E-state index in [-0.39, 0.29) is 0 Å². The molecular weight excluding hydrogens is 316 g/mol. The van der Waals surface area contributed by atoms with Crippen molar-refractivity contribution >= 4 is 17.7 Å². The standard InChI is InChI=1S/C22H23N.C2H7N/c1-2-23-15-13-19(14-16-23)22-20-9-5-3-7-17(20)11-12-18-8-4-6-10-21(18)22;1-2-3/h3-12H,2,13-16H2,1H3;2-3H2,1H3. The number of nitrogens with two attached hydrogens (primary N) is 1. The number of rotatable bonds is 1. The lowest BCUT2D eigenvalue weighted by atomic mass is 9.86. The van der Waals surface area contributed by atoms with Crippen molar-refractivity contribution in [2.75, 3.05) is 26.2 Å². The zero-order valence-electron chi connectivity index (χ0n) is 16.0. The van der Waals surface area contributed by atoms with Gasteiger partial charge in [0, 0.05) is 13.1 Å². The summed E-state index contributed by atoms with van der Waals surface area (Å²) in [4.78, 5) is 2.55. The SMILES string of the molecule is CCN.CCN1CCC(=C2c3ccccc3C=Cc3ccccc32)CC1. The molecule has 0 spiro atoms. The highest BCUT2D eigenvalue weighted by Crippen LogP contribution is 2.38. The Kier molecular flexibility index (Phi) is 6.43. The summed E-state index contributed by atoms with van der Waals surface area (Å²) < 4.78 is 0. The van der Waals surface area contributed by atoms with Gasteiger partial charge in [0.1, 0.15) is 0 Å². The molecular formula is C24H30N2. The van der Waals surface area contributed by atoms with E-state index in [1.165, 1.54) is 53.8 Å². The Hall–Kier alpha value is -2.16. The van der Waals surface area contributed by atoms with E-state index in [9.17, 15) is 0 Å². The van der Waals surface area contributed by atoms with Gasteiger partial charge in [-0.3, -0.25) is 0 Å². The number of hydrogen-bond donors (Lipinski definition) is 1. The second-order valence-corrected chi connectivity index (χ2v) is 6.83. The highest BCUT2D eigenvalue weighted by molar-refractivity contribution is 5.94. The van der Waals surface area contributed by atoms with E-state index in [1.54, 1.807) is 5.57 Å². The second kappa shape index (κ2) is 8.98. The monoisotopic (exact) mass is 346 g/mol. The predicted molar refractivity (Wildman–Crippen MR) is 114 cm³/mol. The lowest BCUT2D eigenvalue weighted by Gasteiger charge is -2.29. The summed E-state index contributed by atoms with van der Waals surface area (Å²) in [5, 5.41) is 0. The van der Waals surface area contributed by atoms with Crippen LogP contribution in [0.4, 0.5) is 0 Å². The molecule has 1 fully saturated rings. The first-order chi connectivity index (χ1) is 12.8. The van der Waals surface area contributed by atoms with E-state index in [4.69, 9.17) is 5.73 Å². The fourth-order valence-corrected chi connectivity index (χ4v) is 3.83. The van der Waals surface area contributed by atoms with Crippen LogP contribution in [0, 0.1) is 0 Å². The first-order valence-electron chi connectivity index (χ1n) is 9.79. The minimum absolute atomic E-state index is 0.750. The highest BCUT2D eigenvalue weighted by Gasteiger charge is 2.21. The van der Waals surface area contributed by atoms with E-state index in [1.807, 2.05) is 6.92 Å². The molecule has 0 bridgehead atoms. The van der Waals surface area contributed by atoms with Gasteiger partial charge in [0.2, 0.25) is 0 Å². The Morgan fingerprint density at radius 3 is 1.73 bits per heavy atom. The number of fused-ring (bicyclic) bond motifs is 2. The topological polar surface area (TPSA) is 29.3 Å².